The molecule has 0 bridgehead atoms. The van der Waals surface area contributed by atoms with E-state index in [1.165, 1.54) is 19.3 Å². The van der Waals surface area contributed by atoms with Crippen molar-refractivity contribution >= 4 is 5.91 Å². The summed E-state index contributed by atoms with van der Waals surface area (Å²) in [4.78, 5) is 12.5. The van der Waals surface area contributed by atoms with E-state index in [9.17, 15) is 4.79 Å². The number of aromatic nitrogens is 2. The summed E-state index contributed by atoms with van der Waals surface area (Å²) in [5, 5.41) is 7.94. The molecule has 0 aliphatic heterocycles. The first-order valence-electron chi connectivity index (χ1n) is 9.98. The van der Waals surface area contributed by atoms with E-state index in [-0.39, 0.29) is 5.91 Å². The maximum absolute atomic E-state index is 12.5. The average molecular weight is 370 g/mol. The molecule has 0 radical (unpaired) electrons. The maximum Gasteiger partial charge on any atom is 0.220 e. The van der Waals surface area contributed by atoms with Crippen molar-refractivity contribution in [2.75, 3.05) is 7.11 Å². The minimum absolute atomic E-state index is 0.154. The molecule has 5 heteroatoms. The monoisotopic (exact) mass is 369 g/mol. The number of amides is 1. The van der Waals surface area contributed by atoms with E-state index in [0.29, 0.717) is 24.8 Å². The van der Waals surface area contributed by atoms with E-state index >= 15 is 0 Å². The molecular weight excluding hydrogens is 338 g/mol. The summed E-state index contributed by atoms with van der Waals surface area (Å²) >= 11 is 0. The number of ether oxygens (including phenoxy) is 1. The molecule has 0 spiro atoms. The normalized spacial score (nSPS) is 19.7. The van der Waals surface area contributed by atoms with Crippen molar-refractivity contribution < 1.29 is 9.53 Å². The average Bonchev–Trinajstić information content (AvgIpc) is 2.96. The van der Waals surface area contributed by atoms with Crippen LogP contribution in [0.4, 0.5) is 0 Å². The third-order valence-corrected chi connectivity index (χ3v) is 5.80. The molecule has 1 fully saturated rings. The maximum atomic E-state index is 12.5. The minimum Gasteiger partial charge on any atom is -0.497 e. The molecule has 1 aliphatic carbocycles. The number of aryl methyl sites for hydroxylation is 1. The first kappa shape index (κ1) is 19.5. The quantitative estimate of drug-likeness (QED) is 0.833. The summed E-state index contributed by atoms with van der Waals surface area (Å²) in [5.74, 6) is 1.55. The van der Waals surface area contributed by atoms with Gasteiger partial charge in [0.05, 0.1) is 18.5 Å². The van der Waals surface area contributed by atoms with Crippen LogP contribution in [-0.4, -0.2) is 28.8 Å². The zero-order chi connectivity index (χ0) is 19.4. The van der Waals surface area contributed by atoms with Crippen molar-refractivity contribution in [3.63, 3.8) is 0 Å². The molecule has 5 nitrogen and oxygen atoms in total. The SMILES string of the molecule is COc1cccc(-n2nc(C)c(CCC(=O)N[C@@H]3CCCC[C@H]3C)c2C)c1. The van der Waals surface area contributed by atoms with Gasteiger partial charge >= 0.3 is 0 Å². The summed E-state index contributed by atoms with van der Waals surface area (Å²) in [5.41, 5.74) is 4.19. The highest BCUT2D eigenvalue weighted by molar-refractivity contribution is 5.76. The Morgan fingerprint density at radius 2 is 2.07 bits per heavy atom. The molecule has 1 N–H and O–H groups in total. The van der Waals surface area contributed by atoms with E-state index in [1.54, 1.807) is 7.11 Å². The Balaban J connectivity index is 1.67. The van der Waals surface area contributed by atoms with Crippen LogP contribution in [0.5, 0.6) is 5.75 Å². The largest absolute Gasteiger partial charge is 0.497 e. The third kappa shape index (κ3) is 4.52. The molecule has 1 aliphatic rings. The van der Waals surface area contributed by atoms with Gasteiger partial charge in [-0.2, -0.15) is 5.10 Å². The second kappa shape index (κ2) is 8.59. The Morgan fingerprint density at radius 3 is 2.81 bits per heavy atom. The summed E-state index contributed by atoms with van der Waals surface area (Å²) in [7, 11) is 1.66. The van der Waals surface area contributed by atoms with Crippen LogP contribution in [-0.2, 0) is 11.2 Å². The van der Waals surface area contributed by atoms with Gasteiger partial charge < -0.3 is 10.1 Å². The van der Waals surface area contributed by atoms with Crippen LogP contribution in [0.15, 0.2) is 24.3 Å². The number of methoxy groups -OCH3 is 1. The lowest BCUT2D eigenvalue weighted by Crippen LogP contribution is -2.41. The zero-order valence-corrected chi connectivity index (χ0v) is 16.9. The Hall–Kier alpha value is -2.30. The lowest BCUT2D eigenvalue weighted by atomic mass is 9.86. The Labute approximate surface area is 162 Å². The zero-order valence-electron chi connectivity index (χ0n) is 16.9. The van der Waals surface area contributed by atoms with Crippen molar-refractivity contribution in [3.05, 3.63) is 41.2 Å². The number of hydrogen-bond donors (Lipinski definition) is 1. The van der Waals surface area contributed by atoms with Gasteiger partial charge in [-0.3, -0.25) is 4.79 Å². The van der Waals surface area contributed by atoms with Crippen LogP contribution in [0, 0.1) is 19.8 Å². The van der Waals surface area contributed by atoms with Crippen molar-refractivity contribution in [1.82, 2.24) is 15.1 Å². The molecule has 0 saturated heterocycles. The molecule has 0 unspecified atom stereocenters. The molecule has 1 aromatic carbocycles. The number of hydrogen-bond acceptors (Lipinski definition) is 3. The third-order valence-electron chi connectivity index (χ3n) is 5.80. The van der Waals surface area contributed by atoms with E-state index in [4.69, 9.17) is 9.84 Å². The van der Waals surface area contributed by atoms with Gasteiger partial charge in [-0.1, -0.05) is 25.8 Å². The fourth-order valence-electron chi connectivity index (χ4n) is 4.08. The second-order valence-electron chi connectivity index (χ2n) is 7.70. The van der Waals surface area contributed by atoms with Crippen LogP contribution in [0.1, 0.15) is 56.0 Å². The lowest BCUT2D eigenvalue weighted by Gasteiger charge is -2.29. The number of nitrogens with zero attached hydrogens (tertiary/aromatic N) is 2. The number of benzene rings is 1. The molecular formula is C22H31N3O2. The highest BCUT2D eigenvalue weighted by atomic mass is 16.5. The summed E-state index contributed by atoms with van der Waals surface area (Å²) in [6.45, 7) is 6.33. The summed E-state index contributed by atoms with van der Waals surface area (Å²) < 4.78 is 7.26. The fraction of sp³-hybridized carbons (Fsp3) is 0.545. The number of carbonyl (C=O) groups excluding carboxylic acids is 1. The molecule has 146 valence electrons. The first-order chi connectivity index (χ1) is 13.0. The molecule has 1 amide bonds. The van der Waals surface area contributed by atoms with Crippen molar-refractivity contribution in [3.8, 4) is 11.4 Å². The van der Waals surface area contributed by atoms with Crippen LogP contribution in [0.3, 0.4) is 0 Å². The van der Waals surface area contributed by atoms with Gasteiger partial charge in [0.1, 0.15) is 5.75 Å². The molecule has 1 saturated carbocycles. The van der Waals surface area contributed by atoms with Gasteiger partial charge in [0, 0.05) is 24.2 Å². The molecule has 2 aromatic rings. The van der Waals surface area contributed by atoms with Crippen molar-refractivity contribution in [2.24, 2.45) is 5.92 Å². The standard InChI is InChI=1S/C22H31N3O2/c1-15-8-5-6-11-21(15)23-22(26)13-12-20-16(2)24-25(17(20)3)18-9-7-10-19(14-18)27-4/h7,9-10,14-15,21H,5-6,8,11-13H2,1-4H3,(H,23,26)/t15-,21-/m1/s1. The molecule has 3 rings (SSSR count). The van der Waals surface area contributed by atoms with Gasteiger partial charge in [-0.15, -0.1) is 0 Å². The van der Waals surface area contributed by atoms with Crippen LogP contribution < -0.4 is 10.1 Å². The van der Waals surface area contributed by atoms with Gasteiger partial charge in [-0.05, 0) is 56.7 Å². The van der Waals surface area contributed by atoms with Crippen LogP contribution in [0.25, 0.3) is 5.69 Å². The summed E-state index contributed by atoms with van der Waals surface area (Å²) in [6, 6.07) is 8.21. The van der Waals surface area contributed by atoms with Gasteiger partial charge in [0.15, 0.2) is 0 Å². The highest BCUT2D eigenvalue weighted by Crippen LogP contribution is 2.25. The first-order valence-corrected chi connectivity index (χ1v) is 9.98. The second-order valence-corrected chi connectivity index (χ2v) is 7.70. The van der Waals surface area contributed by atoms with Gasteiger partial charge in [0.25, 0.3) is 0 Å². The minimum atomic E-state index is 0.154. The Morgan fingerprint density at radius 1 is 1.30 bits per heavy atom. The smallest absolute Gasteiger partial charge is 0.220 e. The Bertz CT molecular complexity index is 797. The molecule has 1 heterocycles. The number of rotatable bonds is 6. The topological polar surface area (TPSA) is 56.2 Å². The highest BCUT2D eigenvalue weighted by Gasteiger charge is 2.23. The lowest BCUT2D eigenvalue weighted by molar-refractivity contribution is -0.122. The van der Waals surface area contributed by atoms with E-state index in [0.717, 1.165) is 34.8 Å². The van der Waals surface area contributed by atoms with Crippen molar-refractivity contribution in [2.45, 2.75) is 65.3 Å². The van der Waals surface area contributed by atoms with Crippen LogP contribution >= 0.6 is 0 Å². The predicted octanol–water partition coefficient (Wildman–Crippen LogP) is 4.13. The molecule has 27 heavy (non-hydrogen) atoms. The van der Waals surface area contributed by atoms with Crippen molar-refractivity contribution in [1.29, 1.82) is 0 Å². The molecule has 1 aromatic heterocycles. The van der Waals surface area contributed by atoms with Crippen LogP contribution in [0.2, 0.25) is 0 Å². The number of carbonyl (C=O) groups is 1. The van der Waals surface area contributed by atoms with E-state index in [2.05, 4.69) is 19.2 Å². The Kier molecular flexibility index (Phi) is 6.19. The predicted molar refractivity (Wildman–Crippen MR) is 107 cm³/mol. The van der Waals surface area contributed by atoms with Gasteiger partial charge in [-0.25, -0.2) is 4.68 Å². The van der Waals surface area contributed by atoms with Gasteiger partial charge in [0.2, 0.25) is 5.91 Å². The number of nitrogens with one attached hydrogen (secondary N) is 1. The van der Waals surface area contributed by atoms with E-state index < -0.39 is 0 Å². The molecule has 2 atom stereocenters. The fourth-order valence-corrected chi connectivity index (χ4v) is 4.08. The summed E-state index contributed by atoms with van der Waals surface area (Å²) in [6.07, 6.45) is 6.06. The van der Waals surface area contributed by atoms with E-state index in [1.807, 2.05) is 35.9 Å².